The van der Waals surface area contributed by atoms with Gasteiger partial charge < -0.3 is 15.0 Å². The van der Waals surface area contributed by atoms with E-state index < -0.39 is 16.1 Å². The first-order valence-electron chi connectivity index (χ1n) is 12.3. The fourth-order valence-electron chi connectivity index (χ4n) is 3.74. The minimum atomic E-state index is -3.63. The predicted octanol–water partition coefficient (Wildman–Crippen LogP) is 4.39. The van der Waals surface area contributed by atoms with Crippen LogP contribution in [0.3, 0.4) is 0 Å². The lowest BCUT2D eigenvalue weighted by Gasteiger charge is -2.29. The van der Waals surface area contributed by atoms with Gasteiger partial charge in [0.25, 0.3) is 0 Å². The quantitative estimate of drug-likeness (QED) is 0.398. The van der Waals surface area contributed by atoms with E-state index in [9.17, 15) is 18.0 Å². The summed E-state index contributed by atoms with van der Waals surface area (Å²) in [7, 11) is -2.15. The summed E-state index contributed by atoms with van der Waals surface area (Å²) in [4.78, 5) is 27.7. The maximum absolute atomic E-state index is 13.3. The van der Waals surface area contributed by atoms with Gasteiger partial charge in [0.05, 0.1) is 24.1 Å². The molecule has 0 saturated heterocycles. The van der Waals surface area contributed by atoms with Crippen LogP contribution in [0.4, 0.5) is 5.69 Å². The highest BCUT2D eigenvalue weighted by molar-refractivity contribution is 7.92. The van der Waals surface area contributed by atoms with Gasteiger partial charge >= 0.3 is 0 Å². The van der Waals surface area contributed by atoms with Crippen molar-refractivity contribution in [3.63, 3.8) is 0 Å². The second kappa shape index (κ2) is 13.7. The van der Waals surface area contributed by atoms with Crippen LogP contribution >= 0.6 is 11.6 Å². The maximum atomic E-state index is 13.3. The molecule has 0 aliphatic rings. The fourth-order valence-corrected chi connectivity index (χ4v) is 4.95. The number of nitrogens with one attached hydrogen (secondary N) is 1. The number of carbonyl (C=O) groups excluding carboxylic acids is 2. The summed E-state index contributed by atoms with van der Waals surface area (Å²) in [5.41, 5.74) is 2.40. The lowest BCUT2D eigenvalue weighted by atomic mass is 10.1. The number of aryl methyl sites for hydroxylation is 1. The molecule has 0 heterocycles. The van der Waals surface area contributed by atoms with Crippen molar-refractivity contribution in [2.75, 3.05) is 30.8 Å². The van der Waals surface area contributed by atoms with E-state index in [1.807, 2.05) is 45.0 Å². The summed E-state index contributed by atoms with van der Waals surface area (Å²) >= 11 is 6.20. The predicted molar refractivity (Wildman–Crippen MR) is 148 cm³/mol. The van der Waals surface area contributed by atoms with Crippen LogP contribution in [0.15, 0.2) is 42.5 Å². The zero-order chi connectivity index (χ0) is 27.8. The van der Waals surface area contributed by atoms with Crippen LogP contribution in [-0.4, -0.2) is 57.6 Å². The Labute approximate surface area is 226 Å². The van der Waals surface area contributed by atoms with Gasteiger partial charge in [0, 0.05) is 26.1 Å². The fraction of sp³-hybridized carbons (Fsp3) is 0.481. The molecule has 2 aromatic carbocycles. The van der Waals surface area contributed by atoms with Crippen LogP contribution in [0, 0.1) is 12.8 Å². The zero-order valence-electron chi connectivity index (χ0n) is 22.5. The van der Waals surface area contributed by atoms with Gasteiger partial charge in [-0.3, -0.25) is 13.9 Å². The third-order valence-electron chi connectivity index (χ3n) is 5.90. The van der Waals surface area contributed by atoms with Crippen molar-refractivity contribution in [2.24, 2.45) is 5.92 Å². The number of ether oxygens (including phenoxy) is 1. The Morgan fingerprint density at radius 3 is 2.27 bits per heavy atom. The van der Waals surface area contributed by atoms with Crippen molar-refractivity contribution < 1.29 is 22.7 Å². The highest BCUT2D eigenvalue weighted by atomic mass is 35.5. The Bertz CT molecular complexity index is 1170. The van der Waals surface area contributed by atoms with Gasteiger partial charge in [0.15, 0.2) is 0 Å². The highest BCUT2D eigenvalue weighted by Gasteiger charge is 2.27. The maximum Gasteiger partial charge on any atom is 0.242 e. The summed E-state index contributed by atoms with van der Waals surface area (Å²) in [5.74, 6) is 0.269. The van der Waals surface area contributed by atoms with Gasteiger partial charge in [0.2, 0.25) is 21.8 Å². The summed E-state index contributed by atoms with van der Waals surface area (Å²) < 4.78 is 31.4. The average Bonchev–Trinajstić information content (AvgIpc) is 2.83. The van der Waals surface area contributed by atoms with Crippen LogP contribution in [0.2, 0.25) is 5.02 Å². The molecule has 0 fully saturated rings. The molecule has 0 saturated carbocycles. The average molecular weight is 552 g/mol. The van der Waals surface area contributed by atoms with E-state index in [1.54, 1.807) is 24.0 Å². The Morgan fingerprint density at radius 2 is 1.73 bits per heavy atom. The number of anilines is 1. The van der Waals surface area contributed by atoms with Gasteiger partial charge in [-0.25, -0.2) is 8.42 Å². The zero-order valence-corrected chi connectivity index (χ0v) is 24.0. The topological polar surface area (TPSA) is 96.0 Å². The number of halogens is 1. The molecule has 0 aromatic heterocycles. The van der Waals surface area contributed by atoms with Crippen LogP contribution in [0.1, 0.15) is 44.7 Å². The number of nitrogens with zero attached hydrogens (tertiary/aromatic N) is 2. The summed E-state index contributed by atoms with van der Waals surface area (Å²) in [5, 5.41) is 3.19. The van der Waals surface area contributed by atoms with Crippen molar-refractivity contribution >= 4 is 39.1 Å². The molecule has 2 rings (SSSR count). The van der Waals surface area contributed by atoms with E-state index >= 15 is 0 Å². The van der Waals surface area contributed by atoms with Crippen LogP contribution in [-0.2, 0) is 26.2 Å². The van der Waals surface area contributed by atoms with Gasteiger partial charge in [-0.1, -0.05) is 55.3 Å². The van der Waals surface area contributed by atoms with E-state index in [-0.39, 0.29) is 48.7 Å². The third-order valence-corrected chi connectivity index (χ3v) is 7.39. The number of sulfonamides is 1. The van der Waals surface area contributed by atoms with Crippen molar-refractivity contribution in [3.05, 3.63) is 58.6 Å². The first-order valence-corrected chi connectivity index (χ1v) is 14.5. The van der Waals surface area contributed by atoms with Crippen molar-refractivity contribution in [1.29, 1.82) is 0 Å². The molecular formula is C27H38ClN3O5S. The van der Waals surface area contributed by atoms with Gasteiger partial charge in [-0.15, -0.1) is 0 Å². The molecule has 0 aliphatic carbocycles. The normalized spacial score (nSPS) is 12.2. The highest BCUT2D eigenvalue weighted by Crippen LogP contribution is 2.30. The summed E-state index contributed by atoms with van der Waals surface area (Å²) in [6, 6.07) is 11.9. The molecular weight excluding hydrogens is 514 g/mol. The number of carbonyl (C=O) groups is 2. The number of methoxy groups -OCH3 is 1. The lowest BCUT2D eigenvalue weighted by molar-refractivity contribution is -0.140. The number of amides is 2. The van der Waals surface area contributed by atoms with E-state index in [0.717, 1.165) is 17.4 Å². The molecule has 0 bridgehead atoms. The SMILES string of the molecule is COc1ccc(N(CCCC(=O)N(Cc2ccc(C)cc2)[C@H](C)C(=O)NCC(C)C)S(C)(=O)=O)cc1Cl. The van der Waals surface area contributed by atoms with Gasteiger partial charge in [-0.2, -0.15) is 0 Å². The second-order valence-corrected chi connectivity index (χ2v) is 11.9. The van der Waals surface area contributed by atoms with Gasteiger partial charge in [0.1, 0.15) is 11.8 Å². The standard InChI is InChI=1S/C27H38ClN3O5S/c1-19(2)17-29-27(33)21(4)30(18-22-11-9-20(3)10-12-22)26(32)8-7-15-31(37(6,34)35)23-13-14-25(36-5)24(28)16-23/h9-14,16,19,21H,7-8,15,17-18H2,1-6H3,(H,29,33)/t21-/m1/s1. The summed E-state index contributed by atoms with van der Waals surface area (Å²) in [6.45, 7) is 8.58. The monoisotopic (exact) mass is 551 g/mol. The first-order chi connectivity index (χ1) is 17.3. The molecule has 0 spiro atoms. The number of hydrogen-bond donors (Lipinski definition) is 1. The molecule has 1 atom stereocenters. The molecule has 0 radical (unpaired) electrons. The molecule has 1 N–H and O–H groups in total. The molecule has 2 amide bonds. The number of rotatable bonds is 13. The van der Waals surface area contributed by atoms with Crippen LogP contribution < -0.4 is 14.4 Å². The van der Waals surface area contributed by atoms with Crippen molar-refractivity contribution in [1.82, 2.24) is 10.2 Å². The Kier molecular flexibility index (Phi) is 11.3. The van der Waals surface area contributed by atoms with Crippen molar-refractivity contribution in [2.45, 2.75) is 53.1 Å². The molecule has 0 unspecified atom stereocenters. The van der Waals surface area contributed by atoms with E-state index in [4.69, 9.17) is 16.3 Å². The molecule has 2 aromatic rings. The second-order valence-electron chi connectivity index (χ2n) is 9.58. The first kappa shape index (κ1) is 30.4. The Morgan fingerprint density at radius 1 is 1.08 bits per heavy atom. The van der Waals surface area contributed by atoms with Crippen LogP contribution in [0.5, 0.6) is 5.75 Å². The summed E-state index contributed by atoms with van der Waals surface area (Å²) in [6.07, 6.45) is 1.45. The molecule has 8 nitrogen and oxygen atoms in total. The smallest absolute Gasteiger partial charge is 0.242 e. The Hall–Kier alpha value is -2.78. The number of hydrogen-bond acceptors (Lipinski definition) is 5. The van der Waals surface area contributed by atoms with E-state index in [0.29, 0.717) is 18.0 Å². The Balaban J connectivity index is 2.17. The lowest BCUT2D eigenvalue weighted by Crippen LogP contribution is -2.48. The largest absolute Gasteiger partial charge is 0.495 e. The van der Waals surface area contributed by atoms with Gasteiger partial charge in [-0.05, 0) is 49.9 Å². The molecule has 37 heavy (non-hydrogen) atoms. The molecule has 0 aliphatic heterocycles. The molecule has 10 heteroatoms. The minimum absolute atomic E-state index is 0.0730. The third kappa shape index (κ3) is 9.23. The minimum Gasteiger partial charge on any atom is -0.495 e. The van der Waals surface area contributed by atoms with E-state index in [2.05, 4.69) is 5.32 Å². The number of benzene rings is 2. The van der Waals surface area contributed by atoms with Crippen LogP contribution in [0.25, 0.3) is 0 Å². The van der Waals surface area contributed by atoms with E-state index in [1.165, 1.54) is 17.5 Å². The van der Waals surface area contributed by atoms with Crippen molar-refractivity contribution in [3.8, 4) is 5.75 Å². The molecule has 204 valence electrons.